The highest BCUT2D eigenvalue weighted by molar-refractivity contribution is 6.06. The van der Waals surface area contributed by atoms with Gasteiger partial charge in [-0.3, -0.25) is 23.5 Å². The van der Waals surface area contributed by atoms with E-state index < -0.39 is 17.2 Å². The molecule has 0 aliphatic carbocycles. The van der Waals surface area contributed by atoms with Gasteiger partial charge in [0.25, 0.3) is 11.5 Å². The van der Waals surface area contributed by atoms with E-state index in [1.165, 1.54) is 24.6 Å². The lowest BCUT2D eigenvalue weighted by Gasteiger charge is -2.14. The SMILES string of the molecule is CC(=O)Nc1cccc(NC(=O)c2cc3c(=O)n(C)c(=O)n(C)c3n2Cc2ccccc2)c1. The van der Waals surface area contributed by atoms with Crippen molar-refractivity contribution in [2.75, 3.05) is 10.6 Å². The van der Waals surface area contributed by atoms with Crippen LogP contribution in [0, 0.1) is 0 Å². The molecule has 2 heterocycles. The van der Waals surface area contributed by atoms with Crippen LogP contribution in [0.3, 0.4) is 0 Å². The number of anilines is 2. The number of hydrogen-bond acceptors (Lipinski definition) is 4. The molecule has 0 atom stereocenters. The first-order valence-electron chi connectivity index (χ1n) is 10.3. The monoisotopic (exact) mass is 445 g/mol. The van der Waals surface area contributed by atoms with E-state index in [4.69, 9.17) is 0 Å². The molecular formula is C24H23N5O4. The topological polar surface area (TPSA) is 107 Å². The molecule has 33 heavy (non-hydrogen) atoms. The van der Waals surface area contributed by atoms with Crippen molar-refractivity contribution < 1.29 is 9.59 Å². The standard InChI is InChI=1S/C24H23N5O4/c1-15(30)25-17-10-7-11-18(12-17)26-21(31)20-13-19-22(27(2)24(33)28(3)23(19)32)29(20)14-16-8-5-4-6-9-16/h4-13H,14H2,1-3H3,(H,25,30)(H,26,31). The van der Waals surface area contributed by atoms with Gasteiger partial charge in [-0.2, -0.15) is 0 Å². The lowest BCUT2D eigenvalue weighted by atomic mass is 10.2. The van der Waals surface area contributed by atoms with Gasteiger partial charge in [-0.05, 0) is 29.8 Å². The Labute approximate surface area is 188 Å². The number of carbonyl (C=O) groups is 2. The van der Waals surface area contributed by atoms with Crippen LogP contribution in [0.1, 0.15) is 23.0 Å². The van der Waals surface area contributed by atoms with Crippen LogP contribution in [0.2, 0.25) is 0 Å². The van der Waals surface area contributed by atoms with Gasteiger partial charge < -0.3 is 15.2 Å². The number of benzene rings is 2. The summed E-state index contributed by atoms with van der Waals surface area (Å²) < 4.78 is 4.06. The number of fused-ring (bicyclic) bond motifs is 1. The predicted molar refractivity (Wildman–Crippen MR) is 127 cm³/mol. The zero-order valence-corrected chi connectivity index (χ0v) is 18.5. The van der Waals surface area contributed by atoms with E-state index >= 15 is 0 Å². The molecule has 168 valence electrons. The molecule has 4 rings (SSSR count). The molecule has 0 radical (unpaired) electrons. The molecule has 0 aliphatic heterocycles. The second-order valence-corrected chi connectivity index (χ2v) is 7.76. The van der Waals surface area contributed by atoms with Crippen LogP contribution in [0.15, 0.2) is 70.3 Å². The first-order valence-corrected chi connectivity index (χ1v) is 10.3. The van der Waals surface area contributed by atoms with Crippen molar-refractivity contribution in [3.63, 3.8) is 0 Å². The minimum atomic E-state index is -0.477. The van der Waals surface area contributed by atoms with Gasteiger partial charge in [0.15, 0.2) is 0 Å². The maximum atomic E-state index is 13.3. The molecule has 4 aromatic rings. The molecule has 0 bridgehead atoms. The highest BCUT2D eigenvalue weighted by atomic mass is 16.2. The number of carbonyl (C=O) groups excluding carboxylic acids is 2. The van der Waals surface area contributed by atoms with E-state index in [1.807, 2.05) is 30.3 Å². The van der Waals surface area contributed by atoms with Crippen molar-refractivity contribution in [1.29, 1.82) is 0 Å². The van der Waals surface area contributed by atoms with Crippen LogP contribution >= 0.6 is 0 Å². The maximum Gasteiger partial charge on any atom is 0.332 e. The Hall–Kier alpha value is -4.40. The van der Waals surface area contributed by atoms with Crippen molar-refractivity contribution in [1.82, 2.24) is 13.7 Å². The predicted octanol–water partition coefficient (Wildman–Crippen LogP) is 2.30. The summed E-state index contributed by atoms with van der Waals surface area (Å²) >= 11 is 0. The number of amides is 2. The lowest BCUT2D eigenvalue weighted by Crippen LogP contribution is -2.37. The summed E-state index contributed by atoms with van der Waals surface area (Å²) in [6.07, 6.45) is 0. The summed E-state index contributed by atoms with van der Waals surface area (Å²) in [5.41, 5.74) is 1.58. The van der Waals surface area contributed by atoms with Crippen LogP contribution in [-0.4, -0.2) is 25.5 Å². The molecular weight excluding hydrogens is 422 g/mol. The zero-order valence-electron chi connectivity index (χ0n) is 18.5. The lowest BCUT2D eigenvalue weighted by molar-refractivity contribution is -0.114. The minimum absolute atomic E-state index is 0.224. The Bertz CT molecular complexity index is 1500. The van der Waals surface area contributed by atoms with Crippen molar-refractivity contribution in [3.05, 3.63) is 92.8 Å². The summed E-state index contributed by atoms with van der Waals surface area (Å²) in [5, 5.41) is 5.76. The third-order valence-corrected chi connectivity index (χ3v) is 5.35. The van der Waals surface area contributed by atoms with Crippen molar-refractivity contribution >= 4 is 34.2 Å². The molecule has 0 fully saturated rings. The van der Waals surface area contributed by atoms with Crippen molar-refractivity contribution in [2.45, 2.75) is 13.5 Å². The Kier molecular flexibility index (Phi) is 5.70. The molecule has 9 heteroatoms. The summed E-state index contributed by atoms with van der Waals surface area (Å²) in [4.78, 5) is 50.0. The minimum Gasteiger partial charge on any atom is -0.326 e. The second-order valence-electron chi connectivity index (χ2n) is 7.76. The fourth-order valence-electron chi connectivity index (χ4n) is 3.83. The summed E-state index contributed by atoms with van der Waals surface area (Å²) in [5.74, 6) is -0.671. The van der Waals surface area contributed by atoms with E-state index in [0.29, 0.717) is 23.6 Å². The van der Waals surface area contributed by atoms with Gasteiger partial charge in [0, 0.05) is 38.9 Å². The number of aryl methyl sites for hydroxylation is 1. The molecule has 0 saturated heterocycles. The molecule has 0 spiro atoms. The molecule has 2 aromatic heterocycles. The van der Waals surface area contributed by atoms with Gasteiger partial charge in [-0.15, -0.1) is 0 Å². The first kappa shape index (κ1) is 21.8. The first-order chi connectivity index (χ1) is 15.8. The van der Waals surface area contributed by atoms with Crippen LogP contribution in [0.25, 0.3) is 11.0 Å². The van der Waals surface area contributed by atoms with Crippen LogP contribution in [0.4, 0.5) is 11.4 Å². The zero-order chi connectivity index (χ0) is 23.7. The third kappa shape index (κ3) is 4.20. The van der Waals surface area contributed by atoms with Crippen LogP contribution < -0.4 is 21.9 Å². The van der Waals surface area contributed by atoms with Crippen molar-refractivity contribution in [2.24, 2.45) is 14.1 Å². The van der Waals surface area contributed by atoms with E-state index in [0.717, 1.165) is 10.1 Å². The van der Waals surface area contributed by atoms with E-state index in [2.05, 4.69) is 10.6 Å². The fraction of sp³-hybridized carbons (Fsp3) is 0.167. The Balaban J connectivity index is 1.83. The Morgan fingerprint density at radius 1 is 0.848 bits per heavy atom. The molecule has 0 saturated carbocycles. The average molecular weight is 445 g/mol. The van der Waals surface area contributed by atoms with Gasteiger partial charge in [0.05, 0.1) is 5.39 Å². The largest absolute Gasteiger partial charge is 0.332 e. The number of hydrogen-bond donors (Lipinski definition) is 2. The van der Waals surface area contributed by atoms with E-state index in [-0.39, 0.29) is 17.0 Å². The normalized spacial score (nSPS) is 10.9. The smallest absolute Gasteiger partial charge is 0.326 e. The van der Waals surface area contributed by atoms with Gasteiger partial charge in [0.2, 0.25) is 5.91 Å². The van der Waals surface area contributed by atoms with Gasteiger partial charge in [-0.1, -0.05) is 36.4 Å². The highest BCUT2D eigenvalue weighted by Crippen LogP contribution is 2.21. The molecule has 2 amide bonds. The Morgan fingerprint density at radius 3 is 2.18 bits per heavy atom. The number of nitrogens with one attached hydrogen (secondary N) is 2. The van der Waals surface area contributed by atoms with Gasteiger partial charge in [-0.25, -0.2) is 4.79 Å². The number of aromatic nitrogens is 3. The quantitative estimate of drug-likeness (QED) is 0.492. The third-order valence-electron chi connectivity index (χ3n) is 5.35. The van der Waals surface area contributed by atoms with Gasteiger partial charge in [0.1, 0.15) is 11.3 Å². The fourth-order valence-corrected chi connectivity index (χ4v) is 3.83. The van der Waals surface area contributed by atoms with Crippen molar-refractivity contribution in [3.8, 4) is 0 Å². The summed E-state index contributed by atoms with van der Waals surface area (Å²) in [7, 11) is 2.98. The molecule has 0 aliphatic rings. The molecule has 0 unspecified atom stereocenters. The molecule has 9 nitrogen and oxygen atoms in total. The summed E-state index contributed by atoms with van der Waals surface area (Å²) in [6, 6.07) is 17.7. The van der Waals surface area contributed by atoms with Gasteiger partial charge >= 0.3 is 5.69 Å². The van der Waals surface area contributed by atoms with Crippen LogP contribution in [0.5, 0.6) is 0 Å². The average Bonchev–Trinajstić information content (AvgIpc) is 3.16. The molecule has 2 aromatic carbocycles. The van der Waals surface area contributed by atoms with E-state index in [9.17, 15) is 19.2 Å². The van der Waals surface area contributed by atoms with Crippen LogP contribution in [-0.2, 0) is 25.4 Å². The second kappa shape index (κ2) is 8.62. The van der Waals surface area contributed by atoms with E-state index in [1.54, 1.807) is 35.9 Å². The Morgan fingerprint density at radius 2 is 1.52 bits per heavy atom. The number of rotatable bonds is 5. The maximum absolute atomic E-state index is 13.3. The highest BCUT2D eigenvalue weighted by Gasteiger charge is 2.21. The summed E-state index contributed by atoms with van der Waals surface area (Å²) in [6.45, 7) is 1.69. The number of nitrogens with zero attached hydrogens (tertiary/aromatic N) is 3. The molecule has 2 N–H and O–H groups in total.